The summed E-state index contributed by atoms with van der Waals surface area (Å²) in [5.74, 6) is -1.01. The second kappa shape index (κ2) is 5.79. The second-order valence-corrected chi connectivity index (χ2v) is 6.50. The first-order valence-electron chi connectivity index (χ1n) is 7.22. The highest BCUT2D eigenvalue weighted by atomic mass is 16.4. The number of carboxylic acids is 1. The number of nitrogens with zero attached hydrogens (tertiary/aromatic N) is 1. The summed E-state index contributed by atoms with van der Waals surface area (Å²) in [6.45, 7) is 6.37. The Morgan fingerprint density at radius 1 is 1.05 bits per heavy atom. The second-order valence-electron chi connectivity index (χ2n) is 6.50. The van der Waals surface area contributed by atoms with Gasteiger partial charge in [-0.2, -0.15) is 0 Å². The van der Waals surface area contributed by atoms with Gasteiger partial charge in [-0.3, -0.25) is 9.59 Å². The number of carbonyl (C=O) groups is 2. The number of hydrogen-bond donors (Lipinski definition) is 1. The Balaban J connectivity index is 2.29. The molecule has 0 spiro atoms. The van der Waals surface area contributed by atoms with Crippen molar-refractivity contribution >= 4 is 11.8 Å². The van der Waals surface area contributed by atoms with Crippen molar-refractivity contribution in [2.24, 2.45) is 7.05 Å². The average Bonchev–Trinajstić information content (AvgIpc) is 2.78. The Labute approximate surface area is 130 Å². The summed E-state index contributed by atoms with van der Waals surface area (Å²) in [6, 6.07) is 10.9. The first kappa shape index (κ1) is 16.0. The first-order valence-corrected chi connectivity index (χ1v) is 7.22. The molecule has 116 valence electrons. The zero-order chi connectivity index (χ0) is 16.5. The highest BCUT2D eigenvalue weighted by Gasteiger charge is 2.18. The molecule has 0 aliphatic rings. The van der Waals surface area contributed by atoms with Gasteiger partial charge in [-0.1, -0.05) is 45.0 Å². The Bertz CT molecular complexity index is 703. The van der Waals surface area contributed by atoms with Crippen LogP contribution in [0.1, 0.15) is 48.1 Å². The number of aliphatic carboxylic acids is 1. The van der Waals surface area contributed by atoms with Crippen molar-refractivity contribution in [2.75, 3.05) is 0 Å². The van der Waals surface area contributed by atoms with Crippen LogP contribution in [-0.2, 0) is 23.7 Å². The number of rotatable bonds is 4. The lowest BCUT2D eigenvalue weighted by Crippen LogP contribution is -2.13. The molecule has 0 amide bonds. The molecule has 0 saturated carbocycles. The molecule has 0 bridgehead atoms. The van der Waals surface area contributed by atoms with E-state index in [1.807, 2.05) is 24.3 Å². The van der Waals surface area contributed by atoms with E-state index in [-0.39, 0.29) is 17.6 Å². The van der Waals surface area contributed by atoms with Gasteiger partial charge in [0.25, 0.3) is 0 Å². The summed E-state index contributed by atoms with van der Waals surface area (Å²) >= 11 is 0. The summed E-state index contributed by atoms with van der Waals surface area (Å²) in [5, 5.41) is 8.86. The molecular weight excluding hydrogens is 278 g/mol. The molecular formula is C18H21NO3. The maximum Gasteiger partial charge on any atom is 0.309 e. The molecule has 0 atom stereocenters. The number of aromatic nitrogens is 1. The number of benzene rings is 1. The summed E-state index contributed by atoms with van der Waals surface area (Å²) in [6.07, 6.45) is -0.0905. The van der Waals surface area contributed by atoms with Gasteiger partial charge >= 0.3 is 5.97 Å². The summed E-state index contributed by atoms with van der Waals surface area (Å²) in [4.78, 5) is 23.4. The Morgan fingerprint density at radius 3 is 2.14 bits per heavy atom. The maximum absolute atomic E-state index is 12.6. The molecule has 1 aromatic carbocycles. The zero-order valence-electron chi connectivity index (χ0n) is 13.4. The molecule has 2 aromatic rings. The van der Waals surface area contributed by atoms with Crippen molar-refractivity contribution < 1.29 is 14.7 Å². The van der Waals surface area contributed by atoms with Gasteiger partial charge < -0.3 is 9.67 Å². The number of carbonyl (C=O) groups excluding carboxylic acids is 1. The highest BCUT2D eigenvalue weighted by molar-refractivity contribution is 6.08. The monoisotopic (exact) mass is 299 g/mol. The summed E-state index contributed by atoms with van der Waals surface area (Å²) < 4.78 is 1.65. The minimum absolute atomic E-state index is 0.0429. The highest BCUT2D eigenvalue weighted by Crippen LogP contribution is 2.23. The van der Waals surface area contributed by atoms with E-state index in [9.17, 15) is 9.59 Å². The van der Waals surface area contributed by atoms with Gasteiger partial charge in [0.2, 0.25) is 5.78 Å². The average molecular weight is 299 g/mol. The molecule has 1 aromatic heterocycles. The van der Waals surface area contributed by atoms with Crippen LogP contribution < -0.4 is 0 Å². The van der Waals surface area contributed by atoms with Crippen molar-refractivity contribution in [3.8, 4) is 0 Å². The van der Waals surface area contributed by atoms with Gasteiger partial charge in [0.1, 0.15) is 0 Å². The van der Waals surface area contributed by atoms with Gasteiger partial charge in [0.15, 0.2) is 0 Å². The van der Waals surface area contributed by atoms with Gasteiger partial charge in [-0.25, -0.2) is 0 Å². The van der Waals surface area contributed by atoms with Crippen LogP contribution in [-0.4, -0.2) is 21.4 Å². The van der Waals surface area contributed by atoms with E-state index in [0.29, 0.717) is 17.0 Å². The minimum atomic E-state index is -0.908. The lowest BCUT2D eigenvalue weighted by atomic mass is 9.86. The third-order valence-electron chi connectivity index (χ3n) is 3.80. The number of ketones is 1. The third kappa shape index (κ3) is 3.27. The fourth-order valence-electron chi connectivity index (χ4n) is 2.38. The van der Waals surface area contributed by atoms with Crippen molar-refractivity contribution in [2.45, 2.75) is 32.6 Å². The first-order chi connectivity index (χ1) is 10.2. The van der Waals surface area contributed by atoms with Crippen molar-refractivity contribution in [1.29, 1.82) is 0 Å². The normalized spacial score (nSPS) is 11.5. The van der Waals surface area contributed by atoms with Gasteiger partial charge in [0.05, 0.1) is 12.1 Å². The van der Waals surface area contributed by atoms with Gasteiger partial charge in [-0.15, -0.1) is 0 Å². The summed E-state index contributed by atoms with van der Waals surface area (Å²) in [7, 11) is 1.72. The van der Waals surface area contributed by atoms with E-state index >= 15 is 0 Å². The Hall–Kier alpha value is -2.36. The predicted molar refractivity (Wildman–Crippen MR) is 85.3 cm³/mol. The van der Waals surface area contributed by atoms with Crippen LogP contribution in [0.2, 0.25) is 0 Å². The molecule has 1 heterocycles. The van der Waals surface area contributed by atoms with Crippen LogP contribution in [0.4, 0.5) is 0 Å². The van der Waals surface area contributed by atoms with E-state index in [2.05, 4.69) is 20.8 Å². The quantitative estimate of drug-likeness (QED) is 0.882. The van der Waals surface area contributed by atoms with Crippen LogP contribution in [0.25, 0.3) is 0 Å². The predicted octanol–water partition coefficient (Wildman–Crippen LogP) is 3.18. The molecule has 0 saturated heterocycles. The third-order valence-corrected chi connectivity index (χ3v) is 3.80. The van der Waals surface area contributed by atoms with E-state index in [1.54, 1.807) is 23.7 Å². The molecule has 1 N–H and O–H groups in total. The molecule has 0 unspecified atom stereocenters. The Kier molecular flexibility index (Phi) is 4.22. The Morgan fingerprint density at radius 2 is 1.64 bits per heavy atom. The van der Waals surface area contributed by atoms with E-state index < -0.39 is 5.97 Å². The molecule has 22 heavy (non-hydrogen) atoms. The molecule has 0 fully saturated rings. The number of hydrogen-bond acceptors (Lipinski definition) is 2. The van der Waals surface area contributed by atoms with Gasteiger partial charge in [0, 0.05) is 18.3 Å². The maximum atomic E-state index is 12.6. The van der Waals surface area contributed by atoms with Crippen LogP contribution in [0.15, 0.2) is 36.4 Å². The fraction of sp³-hybridized carbons (Fsp3) is 0.333. The van der Waals surface area contributed by atoms with Crippen LogP contribution in [0.5, 0.6) is 0 Å². The largest absolute Gasteiger partial charge is 0.481 e. The van der Waals surface area contributed by atoms with E-state index in [1.165, 1.54) is 5.56 Å². The molecule has 0 radical (unpaired) electrons. The van der Waals surface area contributed by atoms with E-state index in [0.717, 1.165) is 0 Å². The van der Waals surface area contributed by atoms with Crippen molar-refractivity contribution in [1.82, 2.24) is 4.57 Å². The lowest BCUT2D eigenvalue weighted by molar-refractivity contribution is -0.136. The molecule has 4 heteroatoms. The number of carboxylic acid groups (broad SMARTS) is 1. The molecule has 4 nitrogen and oxygen atoms in total. The van der Waals surface area contributed by atoms with E-state index in [4.69, 9.17) is 5.11 Å². The standard InChI is InChI=1S/C18H21NO3/c1-18(2,3)13-7-5-12(6-8-13)17(22)15-10-9-14(19(15)4)11-16(20)21/h5-10H,11H2,1-4H3,(H,20,21). The molecule has 0 aliphatic carbocycles. The SMILES string of the molecule is Cn1c(CC(=O)O)ccc1C(=O)c1ccc(C(C)(C)C)cc1. The fourth-order valence-corrected chi connectivity index (χ4v) is 2.38. The van der Waals surface area contributed by atoms with Crippen molar-refractivity contribution in [3.63, 3.8) is 0 Å². The van der Waals surface area contributed by atoms with Gasteiger partial charge in [-0.05, 0) is 23.1 Å². The summed E-state index contributed by atoms with van der Waals surface area (Å²) in [5.41, 5.74) is 2.93. The lowest BCUT2D eigenvalue weighted by Gasteiger charge is -2.19. The smallest absolute Gasteiger partial charge is 0.309 e. The molecule has 2 rings (SSSR count). The zero-order valence-corrected chi connectivity index (χ0v) is 13.4. The van der Waals surface area contributed by atoms with Crippen LogP contribution in [0, 0.1) is 0 Å². The minimum Gasteiger partial charge on any atom is -0.481 e. The molecule has 0 aliphatic heterocycles. The van der Waals surface area contributed by atoms with Crippen LogP contribution >= 0.6 is 0 Å². The van der Waals surface area contributed by atoms with Crippen LogP contribution in [0.3, 0.4) is 0 Å². The van der Waals surface area contributed by atoms with Crippen molar-refractivity contribution in [3.05, 3.63) is 58.9 Å². The topological polar surface area (TPSA) is 59.3 Å².